The quantitative estimate of drug-likeness (QED) is 0.847. The molecule has 0 saturated carbocycles. The third kappa shape index (κ3) is 4.17. The van der Waals surface area contributed by atoms with Crippen molar-refractivity contribution in [3.05, 3.63) is 69.1 Å². The number of hydrogen-bond donors (Lipinski definition) is 1. The lowest BCUT2D eigenvalue weighted by atomic mass is 10.1. The van der Waals surface area contributed by atoms with Crippen molar-refractivity contribution in [2.24, 2.45) is 0 Å². The van der Waals surface area contributed by atoms with Crippen LogP contribution in [0.1, 0.15) is 35.7 Å². The number of carbonyl (C=O) groups is 1. The Kier molecular flexibility index (Phi) is 6.12. The summed E-state index contributed by atoms with van der Waals surface area (Å²) in [6.07, 6.45) is 3.52. The number of halogens is 1. The molecule has 1 amide bonds. The van der Waals surface area contributed by atoms with E-state index in [1.54, 1.807) is 22.9 Å². The number of carbonyl (C=O) groups excluding carboxylic acids is 1. The number of amides is 1. The lowest BCUT2D eigenvalue weighted by Crippen LogP contribution is -2.42. The van der Waals surface area contributed by atoms with Crippen molar-refractivity contribution in [1.82, 2.24) is 14.8 Å². The first kappa shape index (κ1) is 18.7. The lowest BCUT2D eigenvalue weighted by Gasteiger charge is -2.28. The molecule has 1 aromatic carbocycles. The number of rotatable bonds is 6. The molecule has 0 aliphatic carbocycles. The van der Waals surface area contributed by atoms with Gasteiger partial charge in [0.2, 0.25) is 0 Å². The Morgan fingerprint density at radius 2 is 2.12 bits per heavy atom. The van der Waals surface area contributed by atoms with Crippen LogP contribution in [0.5, 0.6) is 0 Å². The zero-order chi connectivity index (χ0) is 18.5. The van der Waals surface area contributed by atoms with E-state index in [0.717, 1.165) is 38.0 Å². The Morgan fingerprint density at radius 1 is 1.31 bits per heavy atom. The summed E-state index contributed by atoms with van der Waals surface area (Å²) in [6, 6.07) is 10.7. The van der Waals surface area contributed by atoms with Crippen molar-refractivity contribution < 1.29 is 4.79 Å². The molecule has 1 fully saturated rings. The van der Waals surface area contributed by atoms with E-state index in [-0.39, 0.29) is 17.5 Å². The zero-order valence-electron chi connectivity index (χ0n) is 15.0. The highest BCUT2D eigenvalue weighted by molar-refractivity contribution is 6.31. The molecule has 5 nitrogen and oxygen atoms in total. The average molecular weight is 374 g/mol. The molecule has 1 saturated heterocycles. The SMILES string of the molecule is CCCN(C(=O)c1ccc(=O)n(Cc2ccccc2Cl)c1)C1CCNC1. The first-order valence-electron chi connectivity index (χ1n) is 9.05. The van der Waals surface area contributed by atoms with Gasteiger partial charge in [0.05, 0.1) is 12.1 Å². The van der Waals surface area contributed by atoms with E-state index < -0.39 is 0 Å². The predicted molar refractivity (Wildman–Crippen MR) is 104 cm³/mol. The summed E-state index contributed by atoms with van der Waals surface area (Å²) in [5, 5.41) is 3.93. The first-order chi connectivity index (χ1) is 12.6. The van der Waals surface area contributed by atoms with Crippen molar-refractivity contribution in [1.29, 1.82) is 0 Å². The van der Waals surface area contributed by atoms with Crippen LogP contribution in [0.15, 0.2) is 47.4 Å². The summed E-state index contributed by atoms with van der Waals surface area (Å²) in [6.45, 7) is 4.89. The number of aromatic nitrogens is 1. The van der Waals surface area contributed by atoms with Gasteiger partial charge in [-0.3, -0.25) is 9.59 Å². The van der Waals surface area contributed by atoms with Crippen LogP contribution < -0.4 is 10.9 Å². The van der Waals surface area contributed by atoms with Crippen LogP contribution in [-0.4, -0.2) is 41.1 Å². The maximum absolute atomic E-state index is 13.1. The topological polar surface area (TPSA) is 54.3 Å². The fourth-order valence-corrected chi connectivity index (χ4v) is 3.55. The second kappa shape index (κ2) is 8.52. The Morgan fingerprint density at radius 3 is 2.81 bits per heavy atom. The first-order valence-corrected chi connectivity index (χ1v) is 9.43. The number of benzene rings is 1. The molecule has 138 valence electrons. The van der Waals surface area contributed by atoms with E-state index in [4.69, 9.17) is 11.6 Å². The van der Waals surface area contributed by atoms with Crippen molar-refractivity contribution >= 4 is 17.5 Å². The Bertz CT molecular complexity index is 828. The van der Waals surface area contributed by atoms with Crippen LogP contribution in [0.4, 0.5) is 0 Å². The minimum atomic E-state index is -0.147. The van der Waals surface area contributed by atoms with Crippen molar-refractivity contribution in [3.8, 4) is 0 Å². The molecule has 1 atom stereocenters. The standard InChI is InChI=1S/C20H24ClN3O2/c1-2-11-24(17-9-10-22-12-17)20(26)16-7-8-19(25)23(14-16)13-15-5-3-4-6-18(15)21/h3-8,14,17,22H,2,9-13H2,1H3. The summed E-state index contributed by atoms with van der Waals surface area (Å²) in [5.74, 6) is -0.0199. The molecule has 0 radical (unpaired) electrons. The van der Waals surface area contributed by atoms with Gasteiger partial charge in [0, 0.05) is 36.4 Å². The minimum absolute atomic E-state index is 0.0199. The monoisotopic (exact) mass is 373 g/mol. The van der Waals surface area contributed by atoms with Crippen LogP contribution in [0, 0.1) is 0 Å². The van der Waals surface area contributed by atoms with Gasteiger partial charge in [-0.2, -0.15) is 0 Å². The van der Waals surface area contributed by atoms with Gasteiger partial charge in [-0.15, -0.1) is 0 Å². The number of pyridine rings is 1. The Labute approximate surface area is 158 Å². The largest absolute Gasteiger partial charge is 0.334 e. The van der Waals surface area contributed by atoms with Crippen LogP contribution >= 0.6 is 11.6 Å². The van der Waals surface area contributed by atoms with Gasteiger partial charge in [-0.25, -0.2) is 0 Å². The van der Waals surface area contributed by atoms with E-state index in [2.05, 4.69) is 12.2 Å². The van der Waals surface area contributed by atoms with Crippen molar-refractivity contribution in [2.75, 3.05) is 19.6 Å². The molecule has 0 bridgehead atoms. The number of hydrogen-bond acceptors (Lipinski definition) is 3. The average Bonchev–Trinajstić information content (AvgIpc) is 3.17. The molecule has 0 spiro atoms. The van der Waals surface area contributed by atoms with Gasteiger partial charge in [-0.1, -0.05) is 36.7 Å². The van der Waals surface area contributed by atoms with E-state index >= 15 is 0 Å². The highest BCUT2D eigenvalue weighted by atomic mass is 35.5. The van der Waals surface area contributed by atoms with Crippen LogP contribution in [0.3, 0.4) is 0 Å². The van der Waals surface area contributed by atoms with E-state index in [1.807, 2.05) is 23.1 Å². The fourth-order valence-electron chi connectivity index (χ4n) is 3.35. The van der Waals surface area contributed by atoms with Gasteiger partial charge in [-0.05, 0) is 37.1 Å². The summed E-state index contributed by atoms with van der Waals surface area (Å²) in [5.41, 5.74) is 1.24. The van der Waals surface area contributed by atoms with Gasteiger partial charge in [0.15, 0.2) is 0 Å². The molecule has 2 aromatic rings. The Balaban J connectivity index is 1.87. The molecule has 1 aliphatic heterocycles. The molecular formula is C20H24ClN3O2. The highest BCUT2D eigenvalue weighted by Crippen LogP contribution is 2.17. The molecular weight excluding hydrogens is 350 g/mol. The van der Waals surface area contributed by atoms with Crippen molar-refractivity contribution in [2.45, 2.75) is 32.4 Å². The van der Waals surface area contributed by atoms with Crippen LogP contribution in [0.2, 0.25) is 5.02 Å². The summed E-state index contributed by atoms with van der Waals surface area (Å²) in [4.78, 5) is 27.2. The molecule has 3 rings (SSSR count). The molecule has 26 heavy (non-hydrogen) atoms. The fraction of sp³-hybridized carbons (Fsp3) is 0.400. The van der Waals surface area contributed by atoms with E-state index in [0.29, 0.717) is 17.1 Å². The zero-order valence-corrected chi connectivity index (χ0v) is 15.7. The molecule has 1 aliphatic rings. The third-order valence-electron chi connectivity index (χ3n) is 4.73. The highest BCUT2D eigenvalue weighted by Gasteiger charge is 2.27. The van der Waals surface area contributed by atoms with E-state index in [1.165, 1.54) is 6.07 Å². The summed E-state index contributed by atoms with van der Waals surface area (Å²) in [7, 11) is 0. The Hall–Kier alpha value is -2.11. The van der Waals surface area contributed by atoms with Gasteiger partial charge < -0.3 is 14.8 Å². The molecule has 6 heteroatoms. The normalized spacial score (nSPS) is 16.6. The van der Waals surface area contributed by atoms with Gasteiger partial charge in [0.1, 0.15) is 0 Å². The van der Waals surface area contributed by atoms with Gasteiger partial charge >= 0.3 is 0 Å². The predicted octanol–water partition coefficient (Wildman–Crippen LogP) is 2.76. The smallest absolute Gasteiger partial charge is 0.255 e. The molecule has 2 heterocycles. The maximum Gasteiger partial charge on any atom is 0.255 e. The van der Waals surface area contributed by atoms with E-state index in [9.17, 15) is 9.59 Å². The second-order valence-corrected chi connectivity index (χ2v) is 7.03. The van der Waals surface area contributed by atoms with Crippen LogP contribution in [0.25, 0.3) is 0 Å². The second-order valence-electron chi connectivity index (χ2n) is 6.62. The van der Waals surface area contributed by atoms with Crippen LogP contribution in [-0.2, 0) is 6.54 Å². The van der Waals surface area contributed by atoms with Crippen molar-refractivity contribution in [3.63, 3.8) is 0 Å². The third-order valence-corrected chi connectivity index (χ3v) is 5.10. The summed E-state index contributed by atoms with van der Waals surface area (Å²) < 4.78 is 1.55. The maximum atomic E-state index is 13.1. The minimum Gasteiger partial charge on any atom is -0.334 e. The molecule has 1 N–H and O–H groups in total. The summed E-state index contributed by atoms with van der Waals surface area (Å²) >= 11 is 6.21. The lowest BCUT2D eigenvalue weighted by molar-refractivity contribution is 0.0691. The van der Waals surface area contributed by atoms with Gasteiger partial charge in [0.25, 0.3) is 11.5 Å². The number of nitrogens with one attached hydrogen (secondary N) is 1. The molecule has 1 aromatic heterocycles. The molecule has 1 unspecified atom stereocenters. The number of nitrogens with zero attached hydrogens (tertiary/aromatic N) is 2.